The van der Waals surface area contributed by atoms with Gasteiger partial charge in [0.15, 0.2) is 5.82 Å². The Labute approximate surface area is 164 Å². The number of nitrogens with one attached hydrogen (secondary N) is 1. The van der Waals surface area contributed by atoms with E-state index in [0.717, 1.165) is 18.8 Å². The Kier molecular flexibility index (Phi) is 5.38. The van der Waals surface area contributed by atoms with Gasteiger partial charge in [-0.2, -0.15) is 0 Å². The Morgan fingerprint density at radius 2 is 2.07 bits per heavy atom. The van der Waals surface area contributed by atoms with Crippen LogP contribution in [-0.4, -0.2) is 36.3 Å². The maximum absolute atomic E-state index is 15.3. The predicted octanol–water partition coefficient (Wildman–Crippen LogP) is 3.43. The van der Waals surface area contributed by atoms with E-state index in [1.807, 2.05) is 6.07 Å². The van der Waals surface area contributed by atoms with Crippen LogP contribution in [0.2, 0.25) is 0 Å². The molecule has 1 aromatic heterocycles. The zero-order valence-electron chi connectivity index (χ0n) is 16.4. The van der Waals surface area contributed by atoms with Gasteiger partial charge in [-0.05, 0) is 36.3 Å². The van der Waals surface area contributed by atoms with E-state index in [1.54, 1.807) is 6.07 Å². The SMILES string of the molecule is COC(=O)C1COCC1c1ccc2[nH]c([C@@H](N)C3CCC(C)CC3)nc2c1F. The summed E-state index contributed by atoms with van der Waals surface area (Å²) in [5.74, 6) is 0.0963. The van der Waals surface area contributed by atoms with Crippen molar-refractivity contribution in [3.05, 3.63) is 29.3 Å². The maximum Gasteiger partial charge on any atom is 0.311 e. The predicted molar refractivity (Wildman–Crippen MR) is 103 cm³/mol. The van der Waals surface area contributed by atoms with Crippen LogP contribution in [0.25, 0.3) is 11.0 Å². The van der Waals surface area contributed by atoms with E-state index in [-0.39, 0.29) is 30.1 Å². The van der Waals surface area contributed by atoms with Crippen molar-refractivity contribution in [3.63, 3.8) is 0 Å². The maximum atomic E-state index is 15.3. The molecule has 0 radical (unpaired) electrons. The average molecular weight is 389 g/mol. The highest BCUT2D eigenvalue weighted by Crippen LogP contribution is 2.37. The minimum absolute atomic E-state index is 0.222. The Morgan fingerprint density at radius 3 is 2.79 bits per heavy atom. The third-order valence-electron chi connectivity index (χ3n) is 6.51. The van der Waals surface area contributed by atoms with Crippen molar-refractivity contribution >= 4 is 17.0 Å². The first-order valence-electron chi connectivity index (χ1n) is 10.1. The molecule has 0 bridgehead atoms. The molecule has 2 heterocycles. The van der Waals surface area contributed by atoms with E-state index in [1.165, 1.54) is 20.0 Å². The van der Waals surface area contributed by atoms with Crippen molar-refractivity contribution in [1.29, 1.82) is 0 Å². The Bertz CT molecular complexity index is 860. The van der Waals surface area contributed by atoms with Gasteiger partial charge in [0, 0.05) is 5.92 Å². The number of rotatable bonds is 4. The molecule has 2 fully saturated rings. The van der Waals surface area contributed by atoms with Crippen molar-refractivity contribution in [2.75, 3.05) is 20.3 Å². The number of aromatic nitrogens is 2. The van der Waals surface area contributed by atoms with E-state index in [4.69, 9.17) is 15.2 Å². The third kappa shape index (κ3) is 3.42. The summed E-state index contributed by atoms with van der Waals surface area (Å²) < 4.78 is 25.6. The summed E-state index contributed by atoms with van der Waals surface area (Å²) in [5, 5.41) is 0. The lowest BCUT2D eigenvalue weighted by molar-refractivity contribution is -0.145. The fraction of sp³-hybridized carbons (Fsp3) is 0.619. The number of benzene rings is 1. The lowest BCUT2D eigenvalue weighted by atomic mass is 9.79. The first-order chi connectivity index (χ1) is 13.5. The second-order valence-electron chi connectivity index (χ2n) is 8.31. The van der Waals surface area contributed by atoms with Gasteiger partial charge < -0.3 is 20.2 Å². The number of hydrogen-bond acceptors (Lipinski definition) is 5. The Hall–Kier alpha value is -1.99. The van der Waals surface area contributed by atoms with Crippen LogP contribution < -0.4 is 5.73 Å². The zero-order chi connectivity index (χ0) is 19.8. The second-order valence-corrected chi connectivity index (χ2v) is 8.31. The van der Waals surface area contributed by atoms with Crippen LogP contribution >= 0.6 is 0 Å². The van der Waals surface area contributed by atoms with Gasteiger partial charge in [-0.25, -0.2) is 9.37 Å². The van der Waals surface area contributed by atoms with Gasteiger partial charge in [-0.1, -0.05) is 25.8 Å². The van der Waals surface area contributed by atoms with Crippen LogP contribution in [0, 0.1) is 23.6 Å². The Balaban J connectivity index is 1.62. The van der Waals surface area contributed by atoms with Crippen LogP contribution in [0.3, 0.4) is 0 Å². The molecule has 2 unspecified atom stereocenters. The highest BCUT2D eigenvalue weighted by Gasteiger charge is 2.38. The van der Waals surface area contributed by atoms with E-state index < -0.39 is 11.7 Å². The van der Waals surface area contributed by atoms with Crippen molar-refractivity contribution in [1.82, 2.24) is 9.97 Å². The summed E-state index contributed by atoms with van der Waals surface area (Å²) in [5.41, 5.74) is 7.82. The fourth-order valence-electron chi connectivity index (χ4n) is 4.63. The highest BCUT2D eigenvalue weighted by molar-refractivity contribution is 5.78. The molecule has 0 spiro atoms. The molecule has 28 heavy (non-hydrogen) atoms. The van der Waals surface area contributed by atoms with Crippen LogP contribution in [0.1, 0.15) is 56.0 Å². The van der Waals surface area contributed by atoms with Crippen LogP contribution in [0.4, 0.5) is 4.39 Å². The van der Waals surface area contributed by atoms with Crippen molar-refractivity contribution in [2.24, 2.45) is 23.5 Å². The number of fused-ring (bicyclic) bond motifs is 1. The highest BCUT2D eigenvalue weighted by atomic mass is 19.1. The average Bonchev–Trinajstić information content (AvgIpc) is 3.35. The van der Waals surface area contributed by atoms with Gasteiger partial charge in [0.05, 0.1) is 37.8 Å². The van der Waals surface area contributed by atoms with Gasteiger partial charge in [0.25, 0.3) is 0 Å². The summed E-state index contributed by atoms with van der Waals surface area (Å²) in [6.45, 7) is 2.80. The van der Waals surface area contributed by atoms with E-state index >= 15 is 4.39 Å². The molecule has 0 amide bonds. The largest absolute Gasteiger partial charge is 0.469 e. The molecular weight excluding hydrogens is 361 g/mol. The summed E-state index contributed by atoms with van der Waals surface area (Å²) in [4.78, 5) is 19.7. The number of hydrogen-bond donors (Lipinski definition) is 2. The number of esters is 1. The van der Waals surface area contributed by atoms with Crippen molar-refractivity contribution < 1.29 is 18.7 Å². The molecule has 3 N–H and O–H groups in total. The van der Waals surface area contributed by atoms with E-state index in [9.17, 15) is 4.79 Å². The number of carbonyl (C=O) groups excluding carboxylic acids is 1. The van der Waals surface area contributed by atoms with Crippen LogP contribution in [0.15, 0.2) is 12.1 Å². The quantitative estimate of drug-likeness (QED) is 0.782. The molecule has 3 atom stereocenters. The first kappa shape index (κ1) is 19.3. The van der Waals surface area contributed by atoms with Gasteiger partial charge in [0.2, 0.25) is 0 Å². The number of methoxy groups -OCH3 is 1. The molecule has 1 aliphatic heterocycles. The fourth-order valence-corrected chi connectivity index (χ4v) is 4.63. The molecule has 152 valence electrons. The number of nitrogens with zero attached hydrogens (tertiary/aromatic N) is 1. The lowest BCUT2D eigenvalue weighted by Gasteiger charge is -2.29. The third-order valence-corrected chi connectivity index (χ3v) is 6.51. The topological polar surface area (TPSA) is 90.2 Å². The van der Waals surface area contributed by atoms with Crippen LogP contribution in [-0.2, 0) is 14.3 Å². The molecule has 7 heteroatoms. The molecule has 4 rings (SSSR count). The smallest absolute Gasteiger partial charge is 0.311 e. The number of nitrogens with two attached hydrogens (primary N) is 1. The summed E-state index contributed by atoms with van der Waals surface area (Å²) in [6, 6.07) is 3.30. The Morgan fingerprint density at radius 1 is 1.32 bits per heavy atom. The van der Waals surface area contributed by atoms with Crippen molar-refractivity contribution in [2.45, 2.75) is 44.6 Å². The minimum atomic E-state index is -0.498. The normalized spacial score (nSPS) is 29.1. The molecule has 2 aliphatic rings. The molecule has 1 aliphatic carbocycles. The molecular formula is C21H28FN3O3. The van der Waals surface area contributed by atoms with Crippen molar-refractivity contribution in [3.8, 4) is 0 Å². The molecule has 1 aromatic carbocycles. The monoisotopic (exact) mass is 389 g/mol. The first-order valence-corrected chi connectivity index (χ1v) is 10.1. The molecule has 1 saturated heterocycles. The summed E-state index contributed by atoms with van der Waals surface area (Å²) in [6.07, 6.45) is 4.50. The molecule has 2 aromatic rings. The number of aromatic amines is 1. The standard InChI is InChI=1S/C21H28FN3O3/c1-11-3-5-12(6-4-11)18(23)20-24-16-8-7-13(17(22)19(16)25-20)14-9-28-10-15(14)21(26)27-2/h7-8,11-12,14-15,18H,3-6,9-10,23H2,1-2H3,(H,24,25)/t11?,12?,14?,15?,18-/m0/s1. The second kappa shape index (κ2) is 7.79. The number of carbonyl (C=O) groups is 1. The number of halogens is 1. The number of ether oxygens (including phenoxy) is 2. The zero-order valence-corrected chi connectivity index (χ0v) is 16.4. The van der Waals surface area contributed by atoms with Crippen LogP contribution in [0.5, 0.6) is 0 Å². The number of H-pyrrole nitrogens is 1. The van der Waals surface area contributed by atoms with E-state index in [2.05, 4.69) is 16.9 Å². The molecule has 6 nitrogen and oxygen atoms in total. The van der Waals surface area contributed by atoms with E-state index in [0.29, 0.717) is 29.4 Å². The molecule has 1 saturated carbocycles. The summed E-state index contributed by atoms with van der Waals surface area (Å²) in [7, 11) is 1.34. The lowest BCUT2D eigenvalue weighted by Crippen LogP contribution is -2.26. The minimum Gasteiger partial charge on any atom is -0.469 e. The summed E-state index contributed by atoms with van der Waals surface area (Å²) >= 11 is 0. The van der Waals surface area contributed by atoms with Gasteiger partial charge in [0.1, 0.15) is 11.3 Å². The van der Waals surface area contributed by atoms with Gasteiger partial charge in [-0.15, -0.1) is 0 Å². The number of imidazole rings is 1. The van der Waals surface area contributed by atoms with Gasteiger partial charge in [-0.3, -0.25) is 4.79 Å². The van der Waals surface area contributed by atoms with Gasteiger partial charge >= 0.3 is 5.97 Å².